The second-order valence-corrected chi connectivity index (χ2v) is 5.22. The fraction of sp³-hybridized carbons (Fsp3) is 0.200. The normalized spacial score (nSPS) is 12.4. The van der Waals surface area contributed by atoms with E-state index in [1.165, 1.54) is 17.2 Å². The Balaban J connectivity index is 2.20. The maximum Gasteiger partial charge on any atom is 0.127 e. The molecule has 0 fully saturated rings. The second kappa shape index (κ2) is 5.46. The molecule has 0 nitrogen and oxygen atoms in total. The number of hydrogen-bond acceptors (Lipinski definition) is 0. The van der Waals surface area contributed by atoms with E-state index in [1.54, 1.807) is 6.07 Å². The van der Waals surface area contributed by atoms with Crippen molar-refractivity contribution in [3.8, 4) is 0 Å². The molecule has 0 radical (unpaired) electrons. The van der Waals surface area contributed by atoms with E-state index in [4.69, 9.17) is 0 Å². The summed E-state index contributed by atoms with van der Waals surface area (Å²) in [6.07, 6.45) is 0.799. The van der Waals surface area contributed by atoms with Crippen molar-refractivity contribution in [2.75, 3.05) is 0 Å². The van der Waals surface area contributed by atoms with Gasteiger partial charge in [-0.2, -0.15) is 0 Å². The monoisotopic (exact) mass is 292 g/mol. The van der Waals surface area contributed by atoms with Crippen molar-refractivity contribution in [3.63, 3.8) is 0 Å². The molecule has 0 bridgehead atoms. The van der Waals surface area contributed by atoms with Crippen LogP contribution in [0.3, 0.4) is 0 Å². The molecule has 0 aliphatic heterocycles. The van der Waals surface area contributed by atoms with Crippen molar-refractivity contribution in [2.24, 2.45) is 0 Å². The highest BCUT2D eigenvalue weighted by atomic mass is 79.9. The van der Waals surface area contributed by atoms with E-state index in [-0.39, 0.29) is 10.6 Å². The standard InChI is InChI=1S/C15H14BrF/c1-11-6-2-3-7-12(11)10-14(16)13-8-4-5-9-15(13)17/h2-9,14H,10H2,1H3. The van der Waals surface area contributed by atoms with Crippen LogP contribution in [-0.2, 0) is 6.42 Å². The Hall–Kier alpha value is -1.15. The van der Waals surface area contributed by atoms with Gasteiger partial charge in [0.15, 0.2) is 0 Å². The number of halogens is 2. The second-order valence-electron chi connectivity index (χ2n) is 4.12. The minimum absolute atomic E-state index is 0.0183. The molecule has 2 rings (SSSR count). The Morgan fingerprint density at radius 1 is 1.06 bits per heavy atom. The summed E-state index contributed by atoms with van der Waals surface area (Å²) in [4.78, 5) is 0.0183. The maximum absolute atomic E-state index is 13.6. The van der Waals surface area contributed by atoms with Gasteiger partial charge in [0, 0.05) is 10.4 Å². The maximum atomic E-state index is 13.6. The number of benzene rings is 2. The van der Waals surface area contributed by atoms with Crippen LogP contribution in [-0.4, -0.2) is 0 Å². The number of aryl methyl sites for hydroxylation is 1. The van der Waals surface area contributed by atoms with Gasteiger partial charge in [-0.05, 0) is 30.5 Å². The Kier molecular flexibility index (Phi) is 3.95. The Morgan fingerprint density at radius 3 is 2.41 bits per heavy atom. The SMILES string of the molecule is Cc1ccccc1CC(Br)c1ccccc1F. The molecule has 0 aliphatic rings. The van der Waals surface area contributed by atoms with Gasteiger partial charge in [-0.1, -0.05) is 58.4 Å². The van der Waals surface area contributed by atoms with E-state index < -0.39 is 0 Å². The zero-order valence-corrected chi connectivity index (χ0v) is 11.2. The van der Waals surface area contributed by atoms with Crippen LogP contribution in [0.25, 0.3) is 0 Å². The number of alkyl halides is 1. The number of rotatable bonds is 3. The van der Waals surface area contributed by atoms with Crippen LogP contribution in [0.2, 0.25) is 0 Å². The summed E-state index contributed by atoms with van der Waals surface area (Å²) in [7, 11) is 0. The first-order valence-electron chi connectivity index (χ1n) is 5.61. The summed E-state index contributed by atoms with van der Waals surface area (Å²) in [5.41, 5.74) is 3.21. The van der Waals surface area contributed by atoms with E-state index in [9.17, 15) is 4.39 Å². The molecular weight excluding hydrogens is 279 g/mol. The summed E-state index contributed by atoms with van der Waals surface area (Å²) in [6, 6.07) is 15.1. The topological polar surface area (TPSA) is 0 Å². The van der Waals surface area contributed by atoms with Gasteiger partial charge in [-0.15, -0.1) is 0 Å². The lowest BCUT2D eigenvalue weighted by molar-refractivity contribution is 0.608. The van der Waals surface area contributed by atoms with Crippen molar-refractivity contribution < 1.29 is 4.39 Å². The van der Waals surface area contributed by atoms with Crippen molar-refractivity contribution in [1.82, 2.24) is 0 Å². The molecular formula is C15H14BrF. The van der Waals surface area contributed by atoms with Gasteiger partial charge in [0.1, 0.15) is 5.82 Å². The van der Waals surface area contributed by atoms with Crippen LogP contribution >= 0.6 is 15.9 Å². The van der Waals surface area contributed by atoms with Gasteiger partial charge >= 0.3 is 0 Å². The largest absolute Gasteiger partial charge is 0.207 e. The van der Waals surface area contributed by atoms with E-state index in [0.717, 1.165) is 12.0 Å². The predicted molar refractivity (Wildman–Crippen MR) is 73.0 cm³/mol. The average Bonchev–Trinajstić information content (AvgIpc) is 2.32. The summed E-state index contributed by atoms with van der Waals surface area (Å²) in [5.74, 6) is -0.150. The summed E-state index contributed by atoms with van der Waals surface area (Å²) in [5, 5.41) is 0. The number of hydrogen-bond donors (Lipinski definition) is 0. The quantitative estimate of drug-likeness (QED) is 0.712. The minimum Gasteiger partial charge on any atom is -0.207 e. The van der Waals surface area contributed by atoms with Crippen molar-refractivity contribution in [3.05, 3.63) is 71.0 Å². The highest BCUT2D eigenvalue weighted by Crippen LogP contribution is 2.29. The molecule has 0 spiro atoms. The van der Waals surface area contributed by atoms with Crippen molar-refractivity contribution in [2.45, 2.75) is 18.2 Å². The first-order chi connectivity index (χ1) is 8.18. The van der Waals surface area contributed by atoms with E-state index >= 15 is 0 Å². The molecule has 2 aromatic carbocycles. The van der Waals surface area contributed by atoms with Crippen LogP contribution in [0.4, 0.5) is 4.39 Å². The molecule has 1 unspecified atom stereocenters. The average molecular weight is 293 g/mol. The molecule has 0 aliphatic carbocycles. The minimum atomic E-state index is -0.150. The zero-order chi connectivity index (χ0) is 12.3. The molecule has 0 amide bonds. The lowest BCUT2D eigenvalue weighted by Crippen LogP contribution is -1.99. The van der Waals surface area contributed by atoms with E-state index in [1.807, 2.05) is 24.3 Å². The summed E-state index contributed by atoms with van der Waals surface area (Å²) >= 11 is 3.57. The summed E-state index contributed by atoms with van der Waals surface area (Å²) < 4.78 is 13.6. The highest BCUT2D eigenvalue weighted by Gasteiger charge is 2.13. The smallest absolute Gasteiger partial charge is 0.127 e. The molecule has 88 valence electrons. The molecule has 0 saturated carbocycles. The van der Waals surface area contributed by atoms with Gasteiger partial charge in [-0.25, -0.2) is 4.39 Å². The van der Waals surface area contributed by atoms with Gasteiger partial charge in [0.2, 0.25) is 0 Å². The molecule has 2 aromatic rings. The predicted octanol–water partition coefficient (Wildman–Crippen LogP) is 4.81. The summed E-state index contributed by atoms with van der Waals surface area (Å²) in [6.45, 7) is 2.08. The van der Waals surface area contributed by atoms with Gasteiger partial charge in [0.25, 0.3) is 0 Å². The fourth-order valence-corrected chi connectivity index (χ4v) is 2.59. The Bertz CT molecular complexity index is 508. The molecule has 0 N–H and O–H groups in total. The Morgan fingerprint density at radius 2 is 1.71 bits per heavy atom. The van der Waals surface area contributed by atoms with Crippen LogP contribution in [0.15, 0.2) is 48.5 Å². The van der Waals surface area contributed by atoms with Crippen molar-refractivity contribution >= 4 is 15.9 Å². The first kappa shape index (κ1) is 12.3. The van der Waals surface area contributed by atoms with E-state index in [2.05, 4.69) is 35.0 Å². The van der Waals surface area contributed by atoms with Crippen molar-refractivity contribution in [1.29, 1.82) is 0 Å². The third kappa shape index (κ3) is 2.95. The molecule has 2 heteroatoms. The highest BCUT2D eigenvalue weighted by molar-refractivity contribution is 9.09. The lowest BCUT2D eigenvalue weighted by Gasteiger charge is -2.12. The van der Waals surface area contributed by atoms with E-state index in [0.29, 0.717) is 0 Å². The first-order valence-corrected chi connectivity index (χ1v) is 6.53. The van der Waals surface area contributed by atoms with Crippen LogP contribution < -0.4 is 0 Å². The molecule has 0 saturated heterocycles. The third-order valence-corrected chi connectivity index (χ3v) is 3.72. The third-order valence-electron chi connectivity index (χ3n) is 2.90. The zero-order valence-electron chi connectivity index (χ0n) is 9.66. The molecule has 17 heavy (non-hydrogen) atoms. The van der Waals surface area contributed by atoms with Crippen LogP contribution in [0, 0.1) is 12.7 Å². The Labute approximate surface area is 110 Å². The van der Waals surface area contributed by atoms with Gasteiger partial charge < -0.3 is 0 Å². The molecule has 1 atom stereocenters. The van der Waals surface area contributed by atoms with Crippen LogP contribution in [0.5, 0.6) is 0 Å². The van der Waals surface area contributed by atoms with Gasteiger partial charge in [-0.3, -0.25) is 0 Å². The fourth-order valence-electron chi connectivity index (χ4n) is 1.87. The van der Waals surface area contributed by atoms with Crippen LogP contribution in [0.1, 0.15) is 21.5 Å². The van der Waals surface area contributed by atoms with Gasteiger partial charge in [0.05, 0.1) is 0 Å². The lowest BCUT2D eigenvalue weighted by atomic mass is 10.0. The molecule has 0 aromatic heterocycles. The molecule has 0 heterocycles.